The molecule has 2 unspecified atom stereocenters. The average Bonchev–Trinajstić information content (AvgIpc) is 2.49. The number of hydrogen-bond donors (Lipinski definition) is 1. The maximum atomic E-state index is 5.62. The second-order valence-electron chi connectivity index (χ2n) is 5.83. The number of ether oxygens (including phenoxy) is 1. The number of rotatable bonds is 7. The Morgan fingerprint density at radius 2 is 2.14 bits per heavy atom. The summed E-state index contributed by atoms with van der Waals surface area (Å²) >= 11 is 3.51. The Balaban J connectivity index is 1.91. The minimum Gasteiger partial charge on any atom is -0.376 e. The van der Waals surface area contributed by atoms with Crippen molar-refractivity contribution in [3.63, 3.8) is 0 Å². The Hall–Kier alpha value is -0.420. The average molecular weight is 355 g/mol. The third-order valence-electron chi connectivity index (χ3n) is 3.97. The number of nitrogens with one attached hydrogen (secondary N) is 1. The first-order valence-corrected chi connectivity index (χ1v) is 8.81. The van der Waals surface area contributed by atoms with Crippen molar-refractivity contribution in [3.8, 4) is 0 Å². The standard InChI is InChI=1S/C17H27BrN2O/c1-3-9-19-17(15-4-6-16(18)7-5-15)8-10-20-11-12-21-14(2)13-20/h4-7,14,17,19H,3,8-13H2,1-2H3. The van der Waals surface area contributed by atoms with Gasteiger partial charge in [-0.25, -0.2) is 0 Å². The first kappa shape index (κ1) is 16.9. The van der Waals surface area contributed by atoms with Gasteiger partial charge in [-0.2, -0.15) is 0 Å². The summed E-state index contributed by atoms with van der Waals surface area (Å²) in [5.74, 6) is 0. The molecule has 1 N–H and O–H groups in total. The zero-order valence-electron chi connectivity index (χ0n) is 13.1. The van der Waals surface area contributed by atoms with Crippen molar-refractivity contribution < 1.29 is 4.74 Å². The van der Waals surface area contributed by atoms with Crippen molar-refractivity contribution in [2.24, 2.45) is 0 Å². The van der Waals surface area contributed by atoms with Crippen molar-refractivity contribution in [1.29, 1.82) is 0 Å². The highest BCUT2D eigenvalue weighted by Crippen LogP contribution is 2.20. The molecule has 1 saturated heterocycles. The summed E-state index contributed by atoms with van der Waals surface area (Å²) in [7, 11) is 0. The largest absolute Gasteiger partial charge is 0.376 e. The molecular formula is C17H27BrN2O. The zero-order valence-corrected chi connectivity index (χ0v) is 14.7. The van der Waals surface area contributed by atoms with Crippen LogP contribution in [0.25, 0.3) is 0 Å². The lowest BCUT2D eigenvalue weighted by atomic mass is 10.0. The van der Waals surface area contributed by atoms with Gasteiger partial charge in [0, 0.05) is 30.1 Å². The third-order valence-corrected chi connectivity index (χ3v) is 4.50. The van der Waals surface area contributed by atoms with E-state index in [1.54, 1.807) is 0 Å². The van der Waals surface area contributed by atoms with Gasteiger partial charge in [-0.05, 0) is 44.0 Å². The van der Waals surface area contributed by atoms with Crippen molar-refractivity contribution in [2.45, 2.75) is 38.8 Å². The molecule has 2 rings (SSSR count). The molecule has 4 heteroatoms. The van der Waals surface area contributed by atoms with Crippen LogP contribution in [0.5, 0.6) is 0 Å². The molecule has 1 aromatic rings. The molecule has 1 aliphatic rings. The van der Waals surface area contributed by atoms with Crippen LogP contribution in [0.4, 0.5) is 0 Å². The Morgan fingerprint density at radius 1 is 1.38 bits per heavy atom. The molecule has 0 spiro atoms. The summed E-state index contributed by atoms with van der Waals surface area (Å²) in [5, 5.41) is 3.68. The summed E-state index contributed by atoms with van der Waals surface area (Å²) in [6.45, 7) is 9.56. The molecule has 0 aliphatic carbocycles. The highest BCUT2D eigenvalue weighted by molar-refractivity contribution is 9.10. The molecule has 1 heterocycles. The van der Waals surface area contributed by atoms with Crippen molar-refractivity contribution in [2.75, 3.05) is 32.8 Å². The fraction of sp³-hybridized carbons (Fsp3) is 0.647. The minimum absolute atomic E-state index is 0.369. The van der Waals surface area contributed by atoms with Crippen LogP contribution in [0.15, 0.2) is 28.7 Å². The fourth-order valence-electron chi connectivity index (χ4n) is 2.81. The lowest BCUT2D eigenvalue weighted by Gasteiger charge is -2.32. The molecule has 0 bridgehead atoms. The van der Waals surface area contributed by atoms with Gasteiger partial charge >= 0.3 is 0 Å². The second-order valence-corrected chi connectivity index (χ2v) is 6.74. The Kier molecular flexibility index (Phi) is 7.17. The summed E-state index contributed by atoms with van der Waals surface area (Å²) < 4.78 is 6.76. The van der Waals surface area contributed by atoms with Crippen LogP contribution in [0.1, 0.15) is 38.3 Å². The van der Waals surface area contributed by atoms with E-state index >= 15 is 0 Å². The van der Waals surface area contributed by atoms with E-state index in [-0.39, 0.29) is 0 Å². The lowest BCUT2D eigenvalue weighted by Crippen LogP contribution is -2.42. The number of halogens is 1. The van der Waals surface area contributed by atoms with E-state index in [2.05, 4.69) is 64.3 Å². The molecule has 0 saturated carbocycles. The highest BCUT2D eigenvalue weighted by atomic mass is 79.9. The second kappa shape index (κ2) is 8.89. The lowest BCUT2D eigenvalue weighted by molar-refractivity contribution is -0.0192. The first-order valence-electron chi connectivity index (χ1n) is 8.02. The van der Waals surface area contributed by atoms with Crippen molar-refractivity contribution >= 4 is 15.9 Å². The van der Waals surface area contributed by atoms with Crippen LogP contribution in [-0.4, -0.2) is 43.8 Å². The molecule has 2 atom stereocenters. The SMILES string of the molecule is CCCNC(CCN1CCOC(C)C1)c1ccc(Br)cc1. The van der Waals surface area contributed by atoms with E-state index in [1.165, 1.54) is 12.0 Å². The molecule has 0 radical (unpaired) electrons. The Labute approximate surface area is 137 Å². The molecule has 3 nitrogen and oxygen atoms in total. The molecule has 1 aliphatic heterocycles. The van der Waals surface area contributed by atoms with Gasteiger partial charge in [0.2, 0.25) is 0 Å². The van der Waals surface area contributed by atoms with Crippen molar-refractivity contribution in [3.05, 3.63) is 34.3 Å². The number of benzene rings is 1. The van der Waals surface area contributed by atoms with E-state index in [0.29, 0.717) is 12.1 Å². The molecular weight excluding hydrogens is 328 g/mol. The molecule has 118 valence electrons. The third kappa shape index (κ3) is 5.70. The van der Waals surface area contributed by atoms with E-state index < -0.39 is 0 Å². The molecule has 0 aromatic heterocycles. The number of morpholine rings is 1. The van der Waals surface area contributed by atoms with Gasteiger partial charge in [-0.15, -0.1) is 0 Å². The van der Waals surface area contributed by atoms with Crippen LogP contribution < -0.4 is 5.32 Å². The summed E-state index contributed by atoms with van der Waals surface area (Å²) in [4.78, 5) is 2.52. The topological polar surface area (TPSA) is 24.5 Å². The molecule has 1 fully saturated rings. The van der Waals surface area contributed by atoms with Gasteiger partial charge in [0.05, 0.1) is 12.7 Å². The van der Waals surface area contributed by atoms with E-state index in [0.717, 1.165) is 43.7 Å². The van der Waals surface area contributed by atoms with Crippen LogP contribution >= 0.6 is 15.9 Å². The Morgan fingerprint density at radius 3 is 2.81 bits per heavy atom. The summed E-state index contributed by atoms with van der Waals surface area (Å²) in [6.07, 6.45) is 2.68. The smallest absolute Gasteiger partial charge is 0.0674 e. The number of nitrogens with zero attached hydrogens (tertiary/aromatic N) is 1. The van der Waals surface area contributed by atoms with Gasteiger partial charge < -0.3 is 10.1 Å². The van der Waals surface area contributed by atoms with Crippen LogP contribution in [0.3, 0.4) is 0 Å². The van der Waals surface area contributed by atoms with Crippen LogP contribution in [0.2, 0.25) is 0 Å². The van der Waals surface area contributed by atoms with E-state index in [4.69, 9.17) is 4.74 Å². The van der Waals surface area contributed by atoms with Crippen molar-refractivity contribution in [1.82, 2.24) is 10.2 Å². The first-order chi connectivity index (χ1) is 10.2. The molecule has 1 aromatic carbocycles. The predicted molar refractivity (Wildman–Crippen MR) is 91.6 cm³/mol. The predicted octanol–water partition coefficient (Wildman–Crippen LogP) is 3.60. The van der Waals surface area contributed by atoms with Gasteiger partial charge in [0.25, 0.3) is 0 Å². The van der Waals surface area contributed by atoms with Gasteiger partial charge in [-0.3, -0.25) is 4.90 Å². The summed E-state index contributed by atoms with van der Waals surface area (Å²) in [6, 6.07) is 9.15. The quantitative estimate of drug-likeness (QED) is 0.809. The maximum Gasteiger partial charge on any atom is 0.0674 e. The normalized spacial score (nSPS) is 21.4. The van der Waals surface area contributed by atoms with E-state index in [9.17, 15) is 0 Å². The molecule has 21 heavy (non-hydrogen) atoms. The fourth-order valence-corrected chi connectivity index (χ4v) is 3.07. The summed E-state index contributed by atoms with van der Waals surface area (Å²) in [5.41, 5.74) is 1.38. The van der Waals surface area contributed by atoms with Gasteiger partial charge in [0.1, 0.15) is 0 Å². The molecule has 0 amide bonds. The van der Waals surface area contributed by atoms with Gasteiger partial charge in [-0.1, -0.05) is 35.0 Å². The maximum absolute atomic E-state index is 5.62. The van der Waals surface area contributed by atoms with Gasteiger partial charge in [0.15, 0.2) is 0 Å². The number of hydrogen-bond acceptors (Lipinski definition) is 3. The van der Waals surface area contributed by atoms with Crippen LogP contribution in [0, 0.1) is 0 Å². The van der Waals surface area contributed by atoms with E-state index in [1.807, 2.05) is 0 Å². The highest BCUT2D eigenvalue weighted by Gasteiger charge is 2.18. The zero-order chi connectivity index (χ0) is 15.1. The Bertz CT molecular complexity index is 410. The monoisotopic (exact) mass is 354 g/mol. The minimum atomic E-state index is 0.369. The van der Waals surface area contributed by atoms with Crippen LogP contribution in [-0.2, 0) is 4.74 Å².